The summed E-state index contributed by atoms with van der Waals surface area (Å²) < 4.78 is 86.3. The zero-order valence-electron chi connectivity index (χ0n) is 31.3. The normalized spacial score (nSPS) is 12.9. The summed E-state index contributed by atoms with van der Waals surface area (Å²) in [4.78, 5) is 50.5. The summed E-state index contributed by atoms with van der Waals surface area (Å²) in [6, 6.07) is 31.8. The first-order valence-electron chi connectivity index (χ1n) is 17.7. The van der Waals surface area contributed by atoms with Crippen molar-refractivity contribution in [1.82, 2.24) is 39.9 Å². The number of carbonyl (C=O) groups is 1. The largest absolute Gasteiger partial charge is 0.506 e. The molecule has 0 fully saturated rings. The van der Waals surface area contributed by atoms with Crippen LogP contribution in [-0.4, -0.2) is 58.8 Å². The maximum absolute atomic E-state index is 12.9. The number of nitrogens with zero attached hydrogens (tertiary/aromatic N) is 8. The van der Waals surface area contributed by atoms with Crippen molar-refractivity contribution in [3.8, 4) is 45.6 Å². The average molecular weight is 959 g/mol. The van der Waals surface area contributed by atoms with Crippen molar-refractivity contribution in [1.29, 1.82) is 0 Å². The Hall–Kier alpha value is -5.70. The van der Waals surface area contributed by atoms with E-state index in [1.807, 2.05) is 97.1 Å². The summed E-state index contributed by atoms with van der Waals surface area (Å²) in [7, 11) is 0. The predicted octanol–water partition coefficient (Wildman–Crippen LogP) is 10.0. The van der Waals surface area contributed by atoms with Gasteiger partial charge in [0.15, 0.2) is 11.5 Å². The van der Waals surface area contributed by atoms with Crippen LogP contribution in [0.2, 0.25) is 0 Å². The molecule has 0 radical (unpaired) electrons. The number of allylic oxidation sites excluding steroid dienone is 2. The van der Waals surface area contributed by atoms with Crippen LogP contribution in [-0.2, 0) is 4.79 Å². The maximum atomic E-state index is 12.9. The minimum absolute atomic E-state index is 0. The van der Waals surface area contributed by atoms with E-state index in [9.17, 15) is 35.5 Å². The van der Waals surface area contributed by atoms with Gasteiger partial charge in [-0.2, -0.15) is 30.7 Å². The molecule has 0 unspecified atom stereocenters. The third-order valence-electron chi connectivity index (χ3n) is 9.41. The number of hydrogen-bond donors (Lipinski definition) is 1. The fourth-order valence-electron chi connectivity index (χ4n) is 6.23. The summed E-state index contributed by atoms with van der Waals surface area (Å²) in [5.41, 5.74) is 4.46. The van der Waals surface area contributed by atoms with Crippen LogP contribution in [0.1, 0.15) is 20.8 Å². The quantitative estimate of drug-likeness (QED) is 0.103. The Kier molecular flexibility index (Phi) is 10.9. The third-order valence-corrected chi connectivity index (χ3v) is 9.41. The molecule has 1 N–H and O–H groups in total. The molecule has 0 spiro atoms. The van der Waals surface area contributed by atoms with E-state index in [1.165, 1.54) is 20.8 Å². The SMILES string of the molecule is CC(C)(C)C(=O)/C=C(\O)C(F)(F)C(F)(F)C(F)(F)F.[Sm].c1ccc2c(c1)-c1nc-2nc2[n-]c(nc3nc(nc4[n-]c(n1)c1ccccc41)-c1ccccc1-3)c1ccccc21. The number of aromatic nitrogens is 8. The van der Waals surface area contributed by atoms with Crippen molar-refractivity contribution < 1.29 is 81.0 Å². The Morgan fingerprint density at radius 3 is 1.07 bits per heavy atom. The monoisotopic (exact) mass is 960 g/mol. The number of aliphatic hydroxyl groups is 1. The van der Waals surface area contributed by atoms with Gasteiger partial charge in [-0.1, -0.05) is 118 Å². The van der Waals surface area contributed by atoms with E-state index in [2.05, 4.69) is 0 Å². The standard InChI is InChI=1S/C32H16N8.C10H11F7O2.Sm/c1-2-10-18-17(9-1)25-33-26(18)38-28-21-13-5-6-14-22(21)30(35-28)40-32-24-16-8-7-15-23(24)31(36-32)39-29-20-12-4-3-11-19(20)27(34-29)37-25;1-7(2,3)5(18)4-6(19)8(11,12)9(13,14)10(15,16)17;/h1-16H;4,19H,1-3H3;/q-2;;/b;6-4-;. The van der Waals surface area contributed by atoms with E-state index in [-0.39, 0.29) is 46.5 Å². The molecule has 5 heterocycles. The molecule has 304 valence electrons. The molecule has 0 aliphatic carbocycles. The maximum Gasteiger partial charge on any atom is 0.460 e. The molecule has 4 aromatic carbocycles. The topological polar surface area (TPSA) is 143 Å². The molecular weight excluding hydrogens is 932 g/mol. The Morgan fingerprint density at radius 1 is 0.517 bits per heavy atom. The van der Waals surface area contributed by atoms with E-state index >= 15 is 0 Å². The van der Waals surface area contributed by atoms with Gasteiger partial charge in [0.2, 0.25) is 0 Å². The molecule has 10 nitrogen and oxygen atoms in total. The van der Waals surface area contributed by atoms with E-state index < -0.39 is 35.0 Å². The van der Waals surface area contributed by atoms with Gasteiger partial charge >= 0.3 is 18.0 Å². The molecule has 2 aliphatic heterocycles. The van der Waals surface area contributed by atoms with Gasteiger partial charge in [-0.05, 0) is 21.5 Å². The second kappa shape index (κ2) is 15.4. The van der Waals surface area contributed by atoms with Crippen LogP contribution < -0.4 is 9.97 Å². The van der Waals surface area contributed by atoms with E-state index in [1.54, 1.807) is 0 Å². The van der Waals surface area contributed by atoms with E-state index in [0.29, 0.717) is 45.9 Å². The van der Waals surface area contributed by atoms with Gasteiger partial charge in [-0.15, -0.1) is 0 Å². The number of benzene rings is 4. The average Bonchev–Trinajstić information content (AvgIpc) is 3.93. The predicted molar refractivity (Wildman–Crippen MR) is 205 cm³/mol. The zero-order valence-corrected chi connectivity index (χ0v) is 33.9. The van der Waals surface area contributed by atoms with Crippen LogP contribution in [0.25, 0.3) is 89.7 Å². The summed E-state index contributed by atoms with van der Waals surface area (Å²) in [5, 5.41) is 12.3. The fraction of sp³-hybridized carbons (Fsp3) is 0.167. The van der Waals surface area contributed by atoms with Crippen molar-refractivity contribution in [2.75, 3.05) is 0 Å². The van der Waals surface area contributed by atoms with Crippen LogP contribution >= 0.6 is 0 Å². The molecule has 0 saturated heterocycles. The molecule has 3 aromatic heterocycles. The van der Waals surface area contributed by atoms with Crippen molar-refractivity contribution >= 4 is 49.9 Å². The second-order valence-corrected chi connectivity index (χ2v) is 14.5. The molecular formula is C42H27F7N8O2Sm-2. The first-order chi connectivity index (χ1) is 27.8. The molecule has 8 bridgehead atoms. The van der Waals surface area contributed by atoms with Crippen LogP contribution in [0.5, 0.6) is 0 Å². The van der Waals surface area contributed by atoms with Gasteiger partial charge in [-0.3, -0.25) is 4.79 Å². The first kappa shape index (κ1) is 42.4. The van der Waals surface area contributed by atoms with E-state index in [0.717, 1.165) is 43.8 Å². The van der Waals surface area contributed by atoms with Gasteiger partial charge in [0.1, 0.15) is 0 Å². The Bertz CT molecular complexity index is 2730. The summed E-state index contributed by atoms with van der Waals surface area (Å²) >= 11 is 0. The Balaban J connectivity index is 0.000000234. The second-order valence-electron chi connectivity index (χ2n) is 14.5. The minimum atomic E-state index is -6.57. The van der Waals surface area contributed by atoms with E-state index in [4.69, 9.17) is 45.0 Å². The minimum Gasteiger partial charge on any atom is -0.506 e. The van der Waals surface area contributed by atoms with Crippen molar-refractivity contribution in [2.45, 2.75) is 38.8 Å². The fourth-order valence-corrected chi connectivity index (χ4v) is 6.23. The van der Waals surface area contributed by atoms with Gasteiger partial charge in [-0.25, -0.2) is 9.97 Å². The van der Waals surface area contributed by atoms with Crippen molar-refractivity contribution in [3.05, 3.63) is 109 Å². The number of rotatable bonds is 3. The smallest absolute Gasteiger partial charge is 0.460 e. The number of alkyl halides is 7. The van der Waals surface area contributed by atoms with Crippen LogP contribution in [0.15, 0.2) is 109 Å². The molecule has 9 rings (SSSR count). The number of fused-ring (bicyclic) bond motifs is 20. The Morgan fingerprint density at radius 2 is 0.800 bits per heavy atom. The first-order valence-corrected chi connectivity index (χ1v) is 17.7. The Labute approximate surface area is 367 Å². The number of halogens is 7. The number of carbonyl (C=O) groups excluding carboxylic acids is 1. The molecule has 60 heavy (non-hydrogen) atoms. The van der Waals surface area contributed by atoms with Crippen LogP contribution in [0.3, 0.4) is 0 Å². The van der Waals surface area contributed by atoms with Gasteiger partial charge in [0, 0.05) is 96.7 Å². The van der Waals surface area contributed by atoms with Crippen molar-refractivity contribution in [2.24, 2.45) is 5.41 Å². The van der Waals surface area contributed by atoms with Gasteiger partial charge in [0.05, 0.1) is 23.3 Å². The van der Waals surface area contributed by atoms with Crippen LogP contribution in [0, 0.1) is 45.8 Å². The van der Waals surface area contributed by atoms with Gasteiger partial charge in [0.25, 0.3) is 0 Å². The zero-order chi connectivity index (χ0) is 42.1. The van der Waals surface area contributed by atoms with Gasteiger partial charge < -0.3 is 35.0 Å². The molecule has 2 aliphatic rings. The molecule has 18 heteroatoms. The molecule has 0 amide bonds. The van der Waals surface area contributed by atoms with Crippen LogP contribution in [0.4, 0.5) is 30.7 Å². The summed E-state index contributed by atoms with van der Waals surface area (Å²) in [6.07, 6.45) is -6.89. The number of hydrogen-bond acceptors (Lipinski definition) is 8. The summed E-state index contributed by atoms with van der Waals surface area (Å²) in [5.74, 6) is -14.1. The number of ketones is 1. The van der Waals surface area contributed by atoms with Crippen molar-refractivity contribution in [3.63, 3.8) is 0 Å². The number of aliphatic hydroxyl groups excluding tert-OH is 1. The molecule has 0 atom stereocenters. The molecule has 7 aromatic rings. The summed E-state index contributed by atoms with van der Waals surface area (Å²) in [6.45, 7) is 3.62. The third kappa shape index (κ3) is 7.41. The molecule has 0 saturated carbocycles.